The van der Waals surface area contributed by atoms with Gasteiger partial charge in [0.05, 0.1) is 10.6 Å². The molecule has 2 nitrogen and oxygen atoms in total. The number of anilines is 1. The lowest BCUT2D eigenvalue weighted by Gasteiger charge is -2.04. The van der Waals surface area contributed by atoms with Crippen LogP contribution in [0.1, 0.15) is 12.5 Å². The molecule has 1 aromatic rings. The van der Waals surface area contributed by atoms with Gasteiger partial charge in [0.1, 0.15) is 6.07 Å². The van der Waals surface area contributed by atoms with Crippen molar-refractivity contribution >= 4 is 29.1 Å². The number of nitrogens with zero attached hydrogens (tertiary/aromatic N) is 1. The Bertz CT molecular complexity index is 357. The number of hydrogen-bond donors (Lipinski definition) is 1. The maximum absolute atomic E-state index is 8.67. The number of nitriles is 1. The van der Waals surface area contributed by atoms with Crippen LogP contribution in [0.5, 0.6) is 0 Å². The summed E-state index contributed by atoms with van der Waals surface area (Å²) in [5.41, 5.74) is 6.77. The topological polar surface area (TPSA) is 49.8 Å². The molecule has 0 atom stereocenters. The first kappa shape index (κ1) is 10.2. The minimum Gasteiger partial charge on any atom is -0.398 e. The van der Waals surface area contributed by atoms with Crippen molar-refractivity contribution in [2.24, 2.45) is 0 Å². The minimum atomic E-state index is 0.430. The Hall–Kier alpha value is -0.850. The molecule has 13 heavy (non-hydrogen) atoms. The zero-order valence-corrected chi connectivity index (χ0v) is 8.75. The Morgan fingerprint density at radius 2 is 2.31 bits per heavy atom. The van der Waals surface area contributed by atoms with Crippen molar-refractivity contribution in [3.63, 3.8) is 0 Å². The number of nitrogen functional groups attached to an aromatic ring is 1. The van der Waals surface area contributed by atoms with Crippen LogP contribution in [0, 0.1) is 11.3 Å². The Morgan fingerprint density at radius 3 is 2.85 bits per heavy atom. The van der Waals surface area contributed by atoms with Crippen molar-refractivity contribution in [1.82, 2.24) is 0 Å². The van der Waals surface area contributed by atoms with E-state index in [1.165, 1.54) is 0 Å². The zero-order chi connectivity index (χ0) is 9.84. The molecule has 0 aliphatic carbocycles. The van der Waals surface area contributed by atoms with E-state index in [1.54, 1.807) is 23.9 Å². The highest BCUT2D eigenvalue weighted by atomic mass is 35.5. The largest absolute Gasteiger partial charge is 0.398 e. The molecule has 0 saturated heterocycles. The highest BCUT2D eigenvalue weighted by Gasteiger charge is 2.05. The van der Waals surface area contributed by atoms with Crippen LogP contribution in [0.15, 0.2) is 17.0 Å². The van der Waals surface area contributed by atoms with Crippen LogP contribution in [-0.2, 0) is 0 Å². The first-order valence-corrected chi connectivity index (χ1v) is 5.17. The summed E-state index contributed by atoms with van der Waals surface area (Å²) in [5.74, 6) is 0.937. The Balaban J connectivity index is 3.14. The molecule has 1 aromatic carbocycles. The molecule has 0 spiro atoms. The van der Waals surface area contributed by atoms with Gasteiger partial charge in [0.25, 0.3) is 0 Å². The first-order valence-electron chi connectivity index (χ1n) is 3.81. The Morgan fingerprint density at radius 1 is 1.62 bits per heavy atom. The predicted octanol–water partition coefficient (Wildman–Crippen LogP) is 2.91. The highest BCUT2D eigenvalue weighted by molar-refractivity contribution is 7.99. The fraction of sp³-hybridized carbons (Fsp3) is 0.222. The molecule has 0 heterocycles. The highest BCUT2D eigenvalue weighted by Crippen LogP contribution is 2.30. The summed E-state index contributed by atoms with van der Waals surface area (Å²) < 4.78 is 0. The molecule has 1 rings (SSSR count). The molecule has 0 aliphatic heterocycles. The van der Waals surface area contributed by atoms with Crippen LogP contribution in [0.25, 0.3) is 0 Å². The van der Waals surface area contributed by atoms with Crippen molar-refractivity contribution in [2.45, 2.75) is 11.8 Å². The molecule has 0 amide bonds. The van der Waals surface area contributed by atoms with Crippen molar-refractivity contribution in [3.05, 3.63) is 22.7 Å². The van der Waals surface area contributed by atoms with E-state index in [0.29, 0.717) is 16.3 Å². The monoisotopic (exact) mass is 212 g/mol. The van der Waals surface area contributed by atoms with Crippen LogP contribution in [-0.4, -0.2) is 5.75 Å². The van der Waals surface area contributed by atoms with Gasteiger partial charge in [-0.2, -0.15) is 5.26 Å². The summed E-state index contributed by atoms with van der Waals surface area (Å²) >= 11 is 7.46. The number of hydrogen-bond acceptors (Lipinski definition) is 3. The molecule has 0 fully saturated rings. The molecule has 68 valence electrons. The van der Waals surface area contributed by atoms with Crippen LogP contribution < -0.4 is 5.73 Å². The molecule has 0 radical (unpaired) electrons. The molecule has 2 N–H and O–H groups in total. The van der Waals surface area contributed by atoms with Gasteiger partial charge in [0, 0.05) is 10.6 Å². The lowest BCUT2D eigenvalue weighted by molar-refractivity contribution is 1.40. The fourth-order valence-corrected chi connectivity index (χ4v) is 1.95. The molecule has 0 unspecified atom stereocenters. The number of benzene rings is 1. The smallest absolute Gasteiger partial charge is 0.101 e. The standard InChI is InChI=1S/C9H9ClN2S/c1-2-13-9-4-7(10)6(5-11)3-8(9)12/h3-4H,2,12H2,1H3. The van der Waals surface area contributed by atoms with Gasteiger partial charge in [0.2, 0.25) is 0 Å². The maximum Gasteiger partial charge on any atom is 0.101 e. The third-order valence-electron chi connectivity index (χ3n) is 1.52. The number of halogens is 1. The van der Waals surface area contributed by atoms with Crippen LogP contribution in [0.2, 0.25) is 5.02 Å². The van der Waals surface area contributed by atoms with E-state index in [4.69, 9.17) is 22.6 Å². The molecule has 0 bridgehead atoms. The van der Waals surface area contributed by atoms with Crippen LogP contribution in [0.4, 0.5) is 5.69 Å². The second-order valence-corrected chi connectivity index (χ2v) is 4.13. The average Bonchev–Trinajstić information content (AvgIpc) is 2.11. The van der Waals surface area contributed by atoms with Crippen LogP contribution in [0.3, 0.4) is 0 Å². The molecular weight excluding hydrogens is 204 g/mol. The van der Waals surface area contributed by atoms with Gasteiger partial charge in [-0.25, -0.2) is 0 Å². The van der Waals surface area contributed by atoms with Crippen molar-refractivity contribution in [2.75, 3.05) is 11.5 Å². The third-order valence-corrected chi connectivity index (χ3v) is 2.79. The van der Waals surface area contributed by atoms with Gasteiger partial charge in [-0.15, -0.1) is 11.8 Å². The van der Waals surface area contributed by atoms with Crippen LogP contribution >= 0.6 is 23.4 Å². The maximum atomic E-state index is 8.67. The minimum absolute atomic E-state index is 0.430. The Labute approximate surface area is 86.7 Å². The molecule has 0 aliphatic rings. The lowest BCUT2D eigenvalue weighted by atomic mass is 10.2. The van der Waals surface area contributed by atoms with Crippen molar-refractivity contribution in [1.29, 1.82) is 5.26 Å². The van der Waals surface area contributed by atoms with E-state index in [2.05, 4.69) is 0 Å². The number of nitrogens with two attached hydrogens (primary N) is 1. The van der Waals surface area contributed by atoms with E-state index in [1.807, 2.05) is 13.0 Å². The summed E-state index contributed by atoms with van der Waals surface area (Å²) in [6.07, 6.45) is 0. The van der Waals surface area contributed by atoms with Crippen molar-refractivity contribution in [3.8, 4) is 6.07 Å². The second-order valence-electron chi connectivity index (χ2n) is 2.41. The van der Waals surface area contributed by atoms with Gasteiger partial charge >= 0.3 is 0 Å². The molecule has 0 saturated carbocycles. The molecular formula is C9H9ClN2S. The zero-order valence-electron chi connectivity index (χ0n) is 7.17. The quantitative estimate of drug-likeness (QED) is 0.606. The number of thioether (sulfide) groups is 1. The van der Waals surface area contributed by atoms with Gasteiger partial charge < -0.3 is 5.73 Å². The van der Waals surface area contributed by atoms with Gasteiger partial charge in [-0.1, -0.05) is 18.5 Å². The average molecular weight is 213 g/mol. The van der Waals surface area contributed by atoms with E-state index in [0.717, 1.165) is 10.6 Å². The predicted molar refractivity (Wildman–Crippen MR) is 57.0 cm³/mol. The summed E-state index contributed by atoms with van der Waals surface area (Å²) in [7, 11) is 0. The van der Waals surface area contributed by atoms with E-state index in [9.17, 15) is 0 Å². The van der Waals surface area contributed by atoms with E-state index >= 15 is 0 Å². The van der Waals surface area contributed by atoms with E-state index in [-0.39, 0.29) is 0 Å². The summed E-state index contributed by atoms with van der Waals surface area (Å²) in [4.78, 5) is 0.937. The normalized spacial score (nSPS) is 9.62. The summed E-state index contributed by atoms with van der Waals surface area (Å²) in [6.45, 7) is 2.04. The Kier molecular flexibility index (Phi) is 3.47. The van der Waals surface area contributed by atoms with E-state index < -0.39 is 0 Å². The fourth-order valence-electron chi connectivity index (χ4n) is 0.938. The van der Waals surface area contributed by atoms with Gasteiger partial charge in [0.15, 0.2) is 0 Å². The summed E-state index contributed by atoms with van der Waals surface area (Å²) in [5, 5.41) is 9.13. The first-order chi connectivity index (χ1) is 6.19. The summed E-state index contributed by atoms with van der Waals surface area (Å²) in [6, 6.07) is 5.34. The number of rotatable bonds is 2. The molecule has 4 heteroatoms. The SMILES string of the molecule is CCSc1cc(Cl)c(C#N)cc1N. The van der Waals surface area contributed by atoms with Crippen molar-refractivity contribution < 1.29 is 0 Å². The third kappa shape index (κ3) is 2.30. The molecule has 0 aromatic heterocycles. The lowest BCUT2D eigenvalue weighted by Crippen LogP contribution is -1.91. The van der Waals surface area contributed by atoms with Gasteiger partial charge in [-0.3, -0.25) is 0 Å². The van der Waals surface area contributed by atoms with Gasteiger partial charge in [-0.05, 0) is 17.9 Å². The second kappa shape index (κ2) is 4.40.